The number of rotatable bonds is 5. The molecular weight excluding hydrogens is 266 g/mol. The van der Waals surface area contributed by atoms with Gasteiger partial charge in [-0.05, 0) is 36.4 Å². The lowest BCUT2D eigenvalue weighted by Crippen LogP contribution is -2.24. The summed E-state index contributed by atoms with van der Waals surface area (Å²) in [5.74, 6) is 0.215. The molecule has 1 heterocycles. The number of nitriles is 1. The highest BCUT2D eigenvalue weighted by atomic mass is 16.1. The van der Waals surface area contributed by atoms with E-state index >= 15 is 0 Å². The number of hydrogen-bond acceptors (Lipinski definition) is 5. The van der Waals surface area contributed by atoms with E-state index < -0.39 is 0 Å². The summed E-state index contributed by atoms with van der Waals surface area (Å²) in [6.45, 7) is 3.90. The summed E-state index contributed by atoms with van der Waals surface area (Å²) < 4.78 is 0. The van der Waals surface area contributed by atoms with Crippen LogP contribution < -0.4 is 10.6 Å². The summed E-state index contributed by atoms with van der Waals surface area (Å²) in [5.41, 5.74) is 1.61. The van der Waals surface area contributed by atoms with E-state index in [0.29, 0.717) is 17.9 Å². The smallest absolute Gasteiger partial charge is 0.272 e. The van der Waals surface area contributed by atoms with Gasteiger partial charge < -0.3 is 10.6 Å². The third kappa shape index (κ3) is 3.88. The average molecular weight is 279 g/mol. The molecule has 0 aliphatic heterocycles. The second-order valence-electron chi connectivity index (χ2n) is 4.12. The van der Waals surface area contributed by atoms with Gasteiger partial charge in [-0.1, -0.05) is 6.08 Å². The molecule has 0 atom stereocenters. The minimum Gasteiger partial charge on any atom is -0.347 e. The molecule has 104 valence electrons. The van der Waals surface area contributed by atoms with Crippen molar-refractivity contribution in [1.29, 1.82) is 5.26 Å². The Bertz CT molecular complexity index is 671. The van der Waals surface area contributed by atoms with Crippen molar-refractivity contribution in [2.24, 2.45) is 0 Å². The summed E-state index contributed by atoms with van der Waals surface area (Å²) >= 11 is 0. The van der Waals surface area contributed by atoms with E-state index in [0.717, 1.165) is 5.69 Å². The highest BCUT2D eigenvalue weighted by molar-refractivity contribution is 5.92. The molecule has 0 aliphatic carbocycles. The van der Waals surface area contributed by atoms with Crippen LogP contribution in [0.25, 0.3) is 0 Å². The fourth-order valence-corrected chi connectivity index (χ4v) is 1.55. The van der Waals surface area contributed by atoms with Crippen molar-refractivity contribution in [2.75, 3.05) is 11.9 Å². The van der Waals surface area contributed by atoms with Crippen LogP contribution in [0.1, 0.15) is 16.1 Å². The predicted molar refractivity (Wildman–Crippen MR) is 79.0 cm³/mol. The first-order chi connectivity index (χ1) is 10.2. The molecule has 0 saturated carbocycles. The second kappa shape index (κ2) is 6.82. The van der Waals surface area contributed by atoms with Crippen molar-refractivity contribution in [1.82, 2.24) is 15.5 Å². The molecular formula is C15H13N5O. The Morgan fingerprint density at radius 2 is 2.00 bits per heavy atom. The molecule has 0 saturated heterocycles. The van der Waals surface area contributed by atoms with Gasteiger partial charge in [0.15, 0.2) is 11.5 Å². The van der Waals surface area contributed by atoms with E-state index in [9.17, 15) is 4.79 Å². The lowest BCUT2D eigenvalue weighted by atomic mass is 10.2. The summed E-state index contributed by atoms with van der Waals surface area (Å²) in [6.07, 6.45) is 1.59. The minimum absolute atomic E-state index is 0.238. The third-order valence-corrected chi connectivity index (χ3v) is 2.59. The molecule has 2 aromatic rings. The van der Waals surface area contributed by atoms with E-state index in [1.165, 1.54) is 0 Å². The predicted octanol–water partition coefficient (Wildman–Crippen LogP) is 2.01. The van der Waals surface area contributed by atoms with E-state index in [1.54, 1.807) is 42.5 Å². The topological polar surface area (TPSA) is 90.7 Å². The number of benzene rings is 1. The van der Waals surface area contributed by atoms with E-state index in [1.807, 2.05) is 6.07 Å². The largest absolute Gasteiger partial charge is 0.347 e. The molecule has 6 nitrogen and oxygen atoms in total. The molecule has 1 aromatic heterocycles. The lowest BCUT2D eigenvalue weighted by molar-refractivity contribution is 0.0952. The third-order valence-electron chi connectivity index (χ3n) is 2.59. The summed E-state index contributed by atoms with van der Waals surface area (Å²) in [6, 6.07) is 12.2. The van der Waals surface area contributed by atoms with Crippen LogP contribution >= 0.6 is 0 Å². The number of anilines is 2. The number of nitrogens with one attached hydrogen (secondary N) is 2. The summed E-state index contributed by atoms with van der Waals surface area (Å²) in [4.78, 5) is 11.6. The van der Waals surface area contributed by atoms with Crippen LogP contribution in [0.3, 0.4) is 0 Å². The molecule has 0 unspecified atom stereocenters. The van der Waals surface area contributed by atoms with E-state index in [2.05, 4.69) is 27.4 Å². The van der Waals surface area contributed by atoms with Crippen molar-refractivity contribution >= 4 is 17.4 Å². The fraction of sp³-hybridized carbons (Fsp3) is 0.0667. The monoisotopic (exact) mass is 279 g/mol. The van der Waals surface area contributed by atoms with Gasteiger partial charge in [-0.25, -0.2) is 0 Å². The van der Waals surface area contributed by atoms with Crippen molar-refractivity contribution in [3.63, 3.8) is 0 Å². The van der Waals surface area contributed by atoms with Crippen LogP contribution in [0, 0.1) is 11.3 Å². The van der Waals surface area contributed by atoms with Crippen molar-refractivity contribution in [3.05, 3.63) is 60.3 Å². The maximum atomic E-state index is 11.6. The molecule has 0 fully saturated rings. The Morgan fingerprint density at radius 1 is 1.24 bits per heavy atom. The van der Waals surface area contributed by atoms with Crippen LogP contribution in [-0.2, 0) is 0 Å². The molecule has 1 amide bonds. The lowest BCUT2D eigenvalue weighted by Gasteiger charge is -2.05. The zero-order valence-corrected chi connectivity index (χ0v) is 11.2. The molecule has 2 rings (SSSR count). The number of aromatic nitrogens is 2. The maximum absolute atomic E-state index is 11.6. The van der Waals surface area contributed by atoms with Gasteiger partial charge in [-0.3, -0.25) is 4.79 Å². The van der Waals surface area contributed by atoms with Crippen molar-refractivity contribution in [3.8, 4) is 6.07 Å². The summed E-state index contributed by atoms with van der Waals surface area (Å²) in [5, 5.41) is 22.2. The van der Waals surface area contributed by atoms with Gasteiger partial charge in [-0.2, -0.15) is 5.26 Å². The Labute approximate surface area is 122 Å². The van der Waals surface area contributed by atoms with Gasteiger partial charge >= 0.3 is 0 Å². The zero-order chi connectivity index (χ0) is 15.1. The van der Waals surface area contributed by atoms with E-state index in [-0.39, 0.29) is 11.6 Å². The van der Waals surface area contributed by atoms with Crippen LogP contribution in [0.5, 0.6) is 0 Å². The molecule has 0 radical (unpaired) electrons. The standard InChI is InChI=1S/C15H13N5O/c1-2-9-17-15(21)13-7-8-14(20-19-13)18-12-5-3-11(10-16)4-6-12/h2-8H,1,9H2,(H,17,21)(H,18,20). The highest BCUT2D eigenvalue weighted by Crippen LogP contribution is 2.14. The van der Waals surface area contributed by atoms with E-state index in [4.69, 9.17) is 5.26 Å². The molecule has 0 bridgehead atoms. The van der Waals surface area contributed by atoms with Crippen LogP contribution in [-0.4, -0.2) is 22.6 Å². The van der Waals surface area contributed by atoms with Gasteiger partial charge in [0.2, 0.25) is 0 Å². The normalized spacial score (nSPS) is 9.48. The maximum Gasteiger partial charge on any atom is 0.272 e. The first-order valence-corrected chi connectivity index (χ1v) is 6.23. The number of amides is 1. The Balaban J connectivity index is 2.03. The second-order valence-corrected chi connectivity index (χ2v) is 4.12. The van der Waals surface area contributed by atoms with Crippen LogP contribution in [0.15, 0.2) is 49.1 Å². The van der Waals surface area contributed by atoms with Crippen LogP contribution in [0.4, 0.5) is 11.5 Å². The van der Waals surface area contributed by atoms with Gasteiger partial charge in [-0.15, -0.1) is 16.8 Å². The van der Waals surface area contributed by atoms with Gasteiger partial charge in [0.05, 0.1) is 11.6 Å². The Morgan fingerprint density at radius 3 is 2.57 bits per heavy atom. The zero-order valence-electron chi connectivity index (χ0n) is 11.2. The number of nitrogens with zero attached hydrogens (tertiary/aromatic N) is 3. The van der Waals surface area contributed by atoms with Crippen molar-refractivity contribution < 1.29 is 4.79 Å². The quantitative estimate of drug-likeness (QED) is 0.817. The first kappa shape index (κ1) is 14.2. The van der Waals surface area contributed by atoms with Gasteiger partial charge in [0.1, 0.15) is 0 Å². The minimum atomic E-state index is -0.299. The molecule has 6 heteroatoms. The number of carbonyl (C=O) groups excluding carboxylic acids is 1. The fourth-order valence-electron chi connectivity index (χ4n) is 1.55. The molecule has 2 N–H and O–H groups in total. The average Bonchev–Trinajstić information content (AvgIpc) is 2.54. The number of hydrogen-bond donors (Lipinski definition) is 2. The highest BCUT2D eigenvalue weighted by Gasteiger charge is 2.06. The van der Waals surface area contributed by atoms with Crippen molar-refractivity contribution in [2.45, 2.75) is 0 Å². The van der Waals surface area contributed by atoms with Crippen LogP contribution in [0.2, 0.25) is 0 Å². The Kier molecular flexibility index (Phi) is 4.62. The Hall–Kier alpha value is -3.20. The molecule has 21 heavy (non-hydrogen) atoms. The van der Waals surface area contributed by atoms with Gasteiger partial charge in [0.25, 0.3) is 5.91 Å². The van der Waals surface area contributed by atoms with Gasteiger partial charge in [0, 0.05) is 12.2 Å². The molecule has 1 aromatic carbocycles. The SMILES string of the molecule is C=CCNC(=O)c1ccc(Nc2ccc(C#N)cc2)nn1. The number of carbonyl (C=O) groups is 1. The summed E-state index contributed by atoms with van der Waals surface area (Å²) in [7, 11) is 0. The first-order valence-electron chi connectivity index (χ1n) is 6.23. The molecule has 0 spiro atoms. The molecule has 0 aliphatic rings.